The van der Waals surface area contributed by atoms with Gasteiger partial charge in [0.15, 0.2) is 0 Å². The Labute approximate surface area is 131 Å². The Morgan fingerprint density at radius 3 is 1.86 bits per heavy atom. The van der Waals surface area contributed by atoms with Crippen LogP contribution in [-0.4, -0.2) is 45.2 Å². The average molecular weight is 316 g/mol. The van der Waals surface area contributed by atoms with E-state index in [-0.39, 0.29) is 12.3 Å². The van der Waals surface area contributed by atoms with E-state index in [1.807, 2.05) is 0 Å². The number of nitrogens with two attached hydrogens (primary N) is 1. The molecule has 0 aliphatic rings. The lowest BCUT2D eigenvalue weighted by atomic mass is 9.99. The molecule has 0 aliphatic carbocycles. The zero-order valence-electron chi connectivity index (χ0n) is 14.5. The first-order valence-corrected chi connectivity index (χ1v) is 7.25. The van der Waals surface area contributed by atoms with Gasteiger partial charge in [0.25, 0.3) is 5.91 Å². The highest BCUT2D eigenvalue weighted by Gasteiger charge is 2.42. The first-order valence-electron chi connectivity index (χ1n) is 7.25. The normalized spacial score (nSPS) is 13.7. The molecule has 1 unspecified atom stereocenters. The predicted octanol–water partition coefficient (Wildman–Crippen LogP) is 1.99. The van der Waals surface area contributed by atoms with E-state index in [1.54, 1.807) is 34.6 Å². The standard InChI is InChI=1S/C15H28N2O5/c1-9(2)8-10(11(18)19)17(12(20)15(6,7)16)13(21)22-14(3,4)5/h9-10H,8,16H2,1-7H3,(H,18,19). The fourth-order valence-corrected chi connectivity index (χ4v) is 1.74. The number of rotatable bonds is 5. The summed E-state index contributed by atoms with van der Waals surface area (Å²) in [5.74, 6) is -2.08. The summed E-state index contributed by atoms with van der Waals surface area (Å²) in [5, 5.41) is 9.41. The van der Waals surface area contributed by atoms with Crippen LogP contribution < -0.4 is 5.73 Å². The average Bonchev–Trinajstić information content (AvgIpc) is 2.23. The van der Waals surface area contributed by atoms with E-state index in [4.69, 9.17) is 10.5 Å². The number of aliphatic carboxylic acids is 1. The highest BCUT2D eigenvalue weighted by atomic mass is 16.6. The molecule has 0 radical (unpaired) electrons. The molecule has 22 heavy (non-hydrogen) atoms. The van der Waals surface area contributed by atoms with Crippen molar-refractivity contribution in [1.29, 1.82) is 0 Å². The van der Waals surface area contributed by atoms with E-state index in [2.05, 4.69) is 0 Å². The van der Waals surface area contributed by atoms with E-state index < -0.39 is 35.2 Å². The van der Waals surface area contributed by atoms with E-state index in [9.17, 15) is 19.5 Å². The molecule has 128 valence electrons. The molecular formula is C15H28N2O5. The third kappa shape index (κ3) is 6.43. The largest absolute Gasteiger partial charge is 0.480 e. The quantitative estimate of drug-likeness (QED) is 0.802. The van der Waals surface area contributed by atoms with Crippen LogP contribution in [0.4, 0.5) is 4.79 Å². The van der Waals surface area contributed by atoms with Crippen molar-refractivity contribution in [3.8, 4) is 0 Å². The van der Waals surface area contributed by atoms with Gasteiger partial charge in [0.1, 0.15) is 11.6 Å². The lowest BCUT2D eigenvalue weighted by Crippen LogP contribution is -2.59. The van der Waals surface area contributed by atoms with Gasteiger partial charge in [0.2, 0.25) is 0 Å². The summed E-state index contributed by atoms with van der Waals surface area (Å²) in [6.45, 7) is 11.4. The maximum absolute atomic E-state index is 12.5. The Balaban J connectivity index is 5.72. The second-order valence-electron chi connectivity index (χ2n) is 7.36. The van der Waals surface area contributed by atoms with E-state index in [0.29, 0.717) is 4.90 Å². The maximum atomic E-state index is 12.5. The van der Waals surface area contributed by atoms with Crippen molar-refractivity contribution in [3.63, 3.8) is 0 Å². The zero-order valence-corrected chi connectivity index (χ0v) is 14.5. The first kappa shape index (κ1) is 20.4. The fraction of sp³-hybridized carbons (Fsp3) is 0.800. The number of hydrogen-bond acceptors (Lipinski definition) is 5. The van der Waals surface area contributed by atoms with Gasteiger partial charge in [-0.1, -0.05) is 13.8 Å². The monoisotopic (exact) mass is 316 g/mol. The summed E-state index contributed by atoms with van der Waals surface area (Å²) in [4.78, 5) is 37.0. The highest BCUT2D eigenvalue weighted by molar-refractivity contribution is 6.00. The van der Waals surface area contributed by atoms with Crippen LogP contribution in [0.25, 0.3) is 0 Å². The molecule has 3 N–H and O–H groups in total. The lowest BCUT2D eigenvalue weighted by molar-refractivity contribution is -0.152. The van der Waals surface area contributed by atoms with Gasteiger partial charge in [-0.2, -0.15) is 0 Å². The minimum Gasteiger partial charge on any atom is -0.480 e. The summed E-state index contributed by atoms with van der Waals surface area (Å²) < 4.78 is 5.18. The minimum atomic E-state index is -1.39. The van der Waals surface area contributed by atoms with Crippen molar-refractivity contribution >= 4 is 18.0 Å². The Morgan fingerprint density at radius 1 is 1.14 bits per heavy atom. The smallest absolute Gasteiger partial charge is 0.417 e. The van der Waals surface area contributed by atoms with E-state index in [1.165, 1.54) is 13.8 Å². The second kappa shape index (κ2) is 7.09. The van der Waals surface area contributed by atoms with Crippen LogP contribution in [0.3, 0.4) is 0 Å². The SMILES string of the molecule is CC(C)CC(C(=O)O)N(C(=O)OC(C)(C)C)C(=O)C(C)(C)N. The van der Waals surface area contributed by atoms with Gasteiger partial charge in [0, 0.05) is 0 Å². The topological polar surface area (TPSA) is 110 Å². The van der Waals surface area contributed by atoms with Crippen molar-refractivity contribution < 1.29 is 24.2 Å². The van der Waals surface area contributed by atoms with Crippen molar-refractivity contribution in [1.82, 2.24) is 4.90 Å². The van der Waals surface area contributed by atoms with Gasteiger partial charge in [-0.05, 0) is 47.0 Å². The molecule has 2 amide bonds. The van der Waals surface area contributed by atoms with Crippen LogP contribution in [0.2, 0.25) is 0 Å². The number of imide groups is 1. The highest BCUT2D eigenvalue weighted by Crippen LogP contribution is 2.20. The molecule has 1 atom stereocenters. The number of carboxylic acid groups (broad SMARTS) is 1. The van der Waals surface area contributed by atoms with Crippen LogP contribution in [0.5, 0.6) is 0 Å². The Bertz CT molecular complexity index is 432. The molecule has 0 fully saturated rings. The molecule has 0 saturated carbocycles. The molecule has 0 heterocycles. The fourth-order valence-electron chi connectivity index (χ4n) is 1.74. The van der Waals surface area contributed by atoms with E-state index >= 15 is 0 Å². The Morgan fingerprint density at radius 2 is 1.59 bits per heavy atom. The van der Waals surface area contributed by atoms with Gasteiger partial charge in [0.05, 0.1) is 5.54 Å². The summed E-state index contributed by atoms with van der Waals surface area (Å²) in [6.07, 6.45) is -0.875. The molecule has 0 rings (SSSR count). The Hall–Kier alpha value is -1.63. The molecule has 7 heteroatoms. The summed E-state index contributed by atoms with van der Waals surface area (Å²) in [5.41, 5.74) is 3.52. The van der Waals surface area contributed by atoms with E-state index in [0.717, 1.165) is 0 Å². The third-order valence-corrected chi connectivity index (χ3v) is 2.65. The number of carbonyl (C=O) groups excluding carboxylic acids is 2. The van der Waals surface area contributed by atoms with Gasteiger partial charge in [-0.15, -0.1) is 0 Å². The molecule has 7 nitrogen and oxygen atoms in total. The van der Waals surface area contributed by atoms with Crippen LogP contribution >= 0.6 is 0 Å². The number of nitrogens with zero attached hydrogens (tertiary/aromatic N) is 1. The second-order valence-corrected chi connectivity index (χ2v) is 7.36. The van der Waals surface area contributed by atoms with Gasteiger partial charge in [-0.3, -0.25) is 4.79 Å². The van der Waals surface area contributed by atoms with Crippen molar-refractivity contribution in [2.24, 2.45) is 11.7 Å². The van der Waals surface area contributed by atoms with Crippen molar-refractivity contribution in [3.05, 3.63) is 0 Å². The lowest BCUT2D eigenvalue weighted by Gasteiger charge is -2.34. The van der Waals surface area contributed by atoms with Crippen molar-refractivity contribution in [2.45, 2.75) is 72.1 Å². The van der Waals surface area contributed by atoms with Gasteiger partial charge in [-0.25, -0.2) is 14.5 Å². The Kier molecular flexibility index (Phi) is 6.56. The number of carboxylic acids is 1. The summed E-state index contributed by atoms with van der Waals surface area (Å²) in [7, 11) is 0. The molecule has 0 spiro atoms. The van der Waals surface area contributed by atoms with Crippen LogP contribution in [0.15, 0.2) is 0 Å². The molecule has 0 aromatic rings. The molecule has 0 aromatic carbocycles. The number of amides is 2. The van der Waals surface area contributed by atoms with Crippen LogP contribution in [-0.2, 0) is 14.3 Å². The third-order valence-electron chi connectivity index (χ3n) is 2.65. The molecule has 0 saturated heterocycles. The van der Waals surface area contributed by atoms with Crippen LogP contribution in [0, 0.1) is 5.92 Å². The molecule has 0 bridgehead atoms. The first-order chi connectivity index (χ1) is 9.66. The van der Waals surface area contributed by atoms with Crippen LogP contribution in [0.1, 0.15) is 54.9 Å². The van der Waals surface area contributed by atoms with Crippen molar-refractivity contribution in [2.75, 3.05) is 0 Å². The molecule has 0 aromatic heterocycles. The maximum Gasteiger partial charge on any atom is 0.417 e. The molecular weight excluding hydrogens is 288 g/mol. The number of carbonyl (C=O) groups is 3. The minimum absolute atomic E-state index is 0.0280. The number of hydrogen-bond donors (Lipinski definition) is 2. The molecule has 0 aliphatic heterocycles. The summed E-state index contributed by atoms with van der Waals surface area (Å²) >= 11 is 0. The number of ether oxygens (including phenoxy) is 1. The summed E-state index contributed by atoms with van der Waals surface area (Å²) in [6, 6.07) is -1.31. The van der Waals surface area contributed by atoms with Gasteiger partial charge >= 0.3 is 12.1 Å². The predicted molar refractivity (Wildman–Crippen MR) is 82.2 cm³/mol. The van der Waals surface area contributed by atoms with Gasteiger partial charge < -0.3 is 15.6 Å². The zero-order chi connectivity index (χ0) is 17.9.